The number of rotatable bonds is 6. The third-order valence-electron chi connectivity index (χ3n) is 3.14. The summed E-state index contributed by atoms with van der Waals surface area (Å²) in [6.45, 7) is 4.13. The normalized spacial score (nSPS) is 12.9. The molecule has 0 aliphatic heterocycles. The molecule has 1 unspecified atom stereocenters. The number of hydrogen-bond acceptors (Lipinski definition) is 3. The van der Waals surface area contributed by atoms with E-state index in [1.54, 1.807) is 12.1 Å². The zero-order chi connectivity index (χ0) is 16.2. The number of hydrogen-bond donors (Lipinski definition) is 1. The Hall–Kier alpha value is -1.37. The average molecular weight is 384 g/mol. The van der Waals surface area contributed by atoms with Crippen molar-refractivity contribution in [1.82, 2.24) is 4.72 Å². The van der Waals surface area contributed by atoms with Crippen LogP contribution in [0.1, 0.15) is 25.5 Å². The molecule has 0 bridgehead atoms. The summed E-state index contributed by atoms with van der Waals surface area (Å²) in [5.41, 5.74) is 0.910. The van der Waals surface area contributed by atoms with Gasteiger partial charge in [-0.1, -0.05) is 30.3 Å². The molecular formula is C16H18BrNO3S. The van der Waals surface area contributed by atoms with Crippen molar-refractivity contribution < 1.29 is 13.2 Å². The molecule has 0 radical (unpaired) electrons. The maximum atomic E-state index is 12.5. The molecule has 0 aromatic heterocycles. The van der Waals surface area contributed by atoms with Crippen LogP contribution in [0.25, 0.3) is 0 Å². The van der Waals surface area contributed by atoms with Crippen molar-refractivity contribution in [2.45, 2.75) is 24.8 Å². The molecular weight excluding hydrogens is 366 g/mol. The third kappa shape index (κ3) is 4.09. The molecule has 0 amide bonds. The van der Waals surface area contributed by atoms with Gasteiger partial charge < -0.3 is 4.74 Å². The van der Waals surface area contributed by atoms with Gasteiger partial charge in [-0.25, -0.2) is 13.1 Å². The lowest BCUT2D eigenvalue weighted by atomic mass is 10.1. The maximum Gasteiger partial charge on any atom is 0.241 e. The minimum atomic E-state index is -3.62. The first kappa shape index (κ1) is 17.0. The van der Waals surface area contributed by atoms with Gasteiger partial charge in [-0.15, -0.1) is 0 Å². The highest BCUT2D eigenvalue weighted by molar-refractivity contribution is 9.10. The van der Waals surface area contributed by atoms with Gasteiger partial charge in [-0.05, 0) is 47.5 Å². The van der Waals surface area contributed by atoms with E-state index in [1.807, 2.05) is 44.2 Å². The second-order valence-corrected chi connectivity index (χ2v) is 7.35. The van der Waals surface area contributed by atoms with Gasteiger partial charge in [0.25, 0.3) is 0 Å². The summed E-state index contributed by atoms with van der Waals surface area (Å²) in [6, 6.07) is 13.9. The first-order valence-corrected chi connectivity index (χ1v) is 9.21. The molecule has 1 N–H and O–H groups in total. The van der Waals surface area contributed by atoms with Gasteiger partial charge in [0.05, 0.1) is 16.0 Å². The van der Waals surface area contributed by atoms with Gasteiger partial charge in [-0.2, -0.15) is 0 Å². The van der Waals surface area contributed by atoms with E-state index in [9.17, 15) is 8.42 Å². The van der Waals surface area contributed by atoms with Crippen molar-refractivity contribution in [3.63, 3.8) is 0 Å². The summed E-state index contributed by atoms with van der Waals surface area (Å²) in [7, 11) is -3.62. The molecule has 1 atom stereocenters. The van der Waals surface area contributed by atoms with Crippen LogP contribution in [0.3, 0.4) is 0 Å². The fourth-order valence-electron chi connectivity index (χ4n) is 2.03. The molecule has 0 saturated heterocycles. The summed E-state index contributed by atoms with van der Waals surface area (Å²) in [5.74, 6) is 0.512. The van der Waals surface area contributed by atoms with Gasteiger partial charge in [0.2, 0.25) is 10.0 Å². The molecule has 2 aromatic carbocycles. The SMILES string of the molecule is CCOc1cc(S(=O)(=O)NC(C)c2ccccc2)ccc1Br. The number of halogens is 1. The van der Waals surface area contributed by atoms with Gasteiger partial charge in [0.1, 0.15) is 5.75 Å². The van der Waals surface area contributed by atoms with E-state index < -0.39 is 10.0 Å². The van der Waals surface area contributed by atoms with Crippen LogP contribution in [0.2, 0.25) is 0 Å². The second-order valence-electron chi connectivity index (χ2n) is 4.78. The zero-order valence-corrected chi connectivity index (χ0v) is 14.8. The highest BCUT2D eigenvalue weighted by Gasteiger charge is 2.19. The molecule has 118 valence electrons. The highest BCUT2D eigenvalue weighted by atomic mass is 79.9. The fourth-order valence-corrected chi connectivity index (χ4v) is 3.64. The van der Waals surface area contributed by atoms with Crippen molar-refractivity contribution in [3.05, 3.63) is 58.6 Å². The Labute approximate surface area is 139 Å². The van der Waals surface area contributed by atoms with Crippen molar-refractivity contribution in [2.75, 3.05) is 6.61 Å². The van der Waals surface area contributed by atoms with Crippen LogP contribution in [0, 0.1) is 0 Å². The second kappa shape index (κ2) is 7.26. The van der Waals surface area contributed by atoms with Crippen LogP contribution >= 0.6 is 15.9 Å². The quantitative estimate of drug-likeness (QED) is 0.822. The van der Waals surface area contributed by atoms with Crippen LogP contribution in [0.4, 0.5) is 0 Å². The molecule has 0 spiro atoms. The van der Waals surface area contributed by atoms with Crippen LogP contribution in [0.15, 0.2) is 57.9 Å². The summed E-state index contributed by atoms with van der Waals surface area (Å²) < 4.78 is 33.8. The summed E-state index contributed by atoms with van der Waals surface area (Å²) >= 11 is 3.35. The molecule has 4 nitrogen and oxygen atoms in total. The predicted molar refractivity (Wildman–Crippen MR) is 90.5 cm³/mol. The third-order valence-corrected chi connectivity index (χ3v) is 5.34. The van der Waals surface area contributed by atoms with Crippen molar-refractivity contribution in [1.29, 1.82) is 0 Å². The Morgan fingerprint density at radius 1 is 1.18 bits per heavy atom. The standard InChI is InChI=1S/C16H18BrNO3S/c1-3-21-16-11-14(9-10-15(16)17)22(19,20)18-12(2)13-7-5-4-6-8-13/h4-12,18H,3H2,1-2H3. The Morgan fingerprint density at radius 2 is 1.86 bits per heavy atom. The minimum Gasteiger partial charge on any atom is -0.493 e. The maximum absolute atomic E-state index is 12.5. The largest absolute Gasteiger partial charge is 0.493 e. The van der Waals surface area contributed by atoms with E-state index in [-0.39, 0.29) is 10.9 Å². The van der Waals surface area contributed by atoms with Gasteiger partial charge in [0, 0.05) is 12.1 Å². The summed E-state index contributed by atoms with van der Waals surface area (Å²) in [4.78, 5) is 0.182. The Kier molecular flexibility index (Phi) is 5.61. The predicted octanol–water partition coefficient (Wildman–Crippen LogP) is 3.89. The Morgan fingerprint density at radius 3 is 2.50 bits per heavy atom. The average Bonchev–Trinajstić information content (AvgIpc) is 2.50. The Bertz CT molecular complexity index is 732. The van der Waals surface area contributed by atoms with E-state index >= 15 is 0 Å². The molecule has 0 aliphatic rings. The summed E-state index contributed by atoms with van der Waals surface area (Å²) in [5, 5.41) is 0. The number of benzene rings is 2. The van der Waals surface area contributed by atoms with Gasteiger partial charge in [0.15, 0.2) is 0 Å². The first-order valence-electron chi connectivity index (χ1n) is 6.93. The number of ether oxygens (including phenoxy) is 1. The zero-order valence-electron chi connectivity index (χ0n) is 12.4. The molecule has 2 aromatic rings. The monoisotopic (exact) mass is 383 g/mol. The van der Waals surface area contributed by atoms with Gasteiger partial charge >= 0.3 is 0 Å². The molecule has 22 heavy (non-hydrogen) atoms. The van der Waals surface area contributed by atoms with Crippen LogP contribution in [-0.4, -0.2) is 15.0 Å². The van der Waals surface area contributed by atoms with Crippen LogP contribution in [-0.2, 0) is 10.0 Å². The molecule has 6 heteroatoms. The lowest BCUT2D eigenvalue weighted by Crippen LogP contribution is -2.26. The highest BCUT2D eigenvalue weighted by Crippen LogP contribution is 2.28. The fraction of sp³-hybridized carbons (Fsp3) is 0.250. The van der Waals surface area contributed by atoms with Crippen molar-refractivity contribution in [2.24, 2.45) is 0 Å². The lowest BCUT2D eigenvalue weighted by Gasteiger charge is -2.15. The van der Waals surface area contributed by atoms with Crippen LogP contribution in [0.5, 0.6) is 5.75 Å². The topological polar surface area (TPSA) is 55.4 Å². The molecule has 2 rings (SSSR count). The minimum absolute atomic E-state index is 0.182. The van der Waals surface area contributed by atoms with E-state index in [2.05, 4.69) is 20.7 Å². The molecule has 0 saturated carbocycles. The summed E-state index contributed by atoms with van der Waals surface area (Å²) in [6.07, 6.45) is 0. The molecule has 0 heterocycles. The Balaban J connectivity index is 2.25. The van der Waals surface area contributed by atoms with Crippen molar-refractivity contribution in [3.8, 4) is 5.75 Å². The first-order chi connectivity index (χ1) is 10.4. The molecule has 0 fully saturated rings. The number of nitrogens with one attached hydrogen (secondary N) is 1. The van der Waals surface area contributed by atoms with E-state index in [0.29, 0.717) is 12.4 Å². The van der Waals surface area contributed by atoms with Gasteiger partial charge in [-0.3, -0.25) is 0 Å². The van der Waals surface area contributed by atoms with Crippen molar-refractivity contribution >= 4 is 26.0 Å². The van der Waals surface area contributed by atoms with Crippen LogP contribution < -0.4 is 9.46 Å². The van der Waals surface area contributed by atoms with E-state index in [1.165, 1.54) is 6.07 Å². The van der Waals surface area contributed by atoms with E-state index in [4.69, 9.17) is 4.74 Å². The smallest absolute Gasteiger partial charge is 0.241 e. The number of sulfonamides is 1. The lowest BCUT2D eigenvalue weighted by molar-refractivity contribution is 0.337. The van der Waals surface area contributed by atoms with E-state index in [0.717, 1.165) is 10.0 Å². The molecule has 0 aliphatic carbocycles.